The Hall–Kier alpha value is -0.460. The van der Waals surface area contributed by atoms with Crippen molar-refractivity contribution < 1.29 is 33.1 Å². The Bertz CT molecular complexity index is 308. The molecule has 1 unspecified atom stereocenters. The second-order valence-corrected chi connectivity index (χ2v) is 6.01. The van der Waals surface area contributed by atoms with E-state index in [0.717, 1.165) is 39.2 Å². The molecular formula is C12H25O7P. The quantitative estimate of drug-likeness (QED) is 0.323. The first kappa shape index (κ1) is 19.5. The molecule has 0 fully saturated rings. The van der Waals surface area contributed by atoms with Crippen molar-refractivity contribution in [2.45, 2.75) is 51.6 Å². The molecule has 8 heteroatoms. The van der Waals surface area contributed by atoms with Crippen LogP contribution in [0.2, 0.25) is 0 Å². The molecule has 2 atom stereocenters. The topological polar surface area (TPSA) is 102 Å². The average Bonchev–Trinajstić information content (AvgIpc) is 2.43. The van der Waals surface area contributed by atoms with Gasteiger partial charge in [0.25, 0.3) is 0 Å². The van der Waals surface area contributed by atoms with Crippen molar-refractivity contribution in [3.63, 3.8) is 0 Å². The highest BCUT2D eigenvalue weighted by Gasteiger charge is 2.21. The van der Waals surface area contributed by atoms with Crippen LogP contribution >= 0.6 is 7.82 Å². The highest BCUT2D eigenvalue weighted by atomic mass is 31.2. The summed E-state index contributed by atoms with van der Waals surface area (Å²) in [6.45, 7) is 1.41. The van der Waals surface area contributed by atoms with E-state index in [1.165, 1.54) is 0 Å². The number of rotatable bonds is 12. The number of phosphoric acid groups is 1. The maximum absolute atomic E-state index is 11.3. The molecule has 0 aliphatic carbocycles. The van der Waals surface area contributed by atoms with Crippen molar-refractivity contribution in [3.05, 3.63) is 0 Å². The van der Waals surface area contributed by atoms with Gasteiger partial charge in [-0.2, -0.15) is 0 Å². The third-order valence-corrected chi connectivity index (χ3v) is 3.52. The van der Waals surface area contributed by atoms with Gasteiger partial charge in [-0.1, -0.05) is 32.6 Å². The molecule has 7 nitrogen and oxygen atoms in total. The summed E-state index contributed by atoms with van der Waals surface area (Å²) in [7, 11) is -3.08. The molecule has 0 bridgehead atoms. The summed E-state index contributed by atoms with van der Waals surface area (Å²) in [5.41, 5.74) is 0. The minimum atomic E-state index is -4.10. The lowest BCUT2D eigenvalue weighted by Gasteiger charge is -2.13. The minimum Gasteiger partial charge on any atom is -0.463 e. The fourth-order valence-corrected chi connectivity index (χ4v) is 1.88. The number of ether oxygens (including phenoxy) is 1. The van der Waals surface area contributed by atoms with Crippen LogP contribution in [0.25, 0.3) is 0 Å². The van der Waals surface area contributed by atoms with Gasteiger partial charge in [0.05, 0.1) is 6.61 Å². The van der Waals surface area contributed by atoms with Gasteiger partial charge in [-0.15, -0.1) is 0 Å². The molecule has 0 spiro atoms. The summed E-state index contributed by atoms with van der Waals surface area (Å²) >= 11 is 0. The molecule has 120 valence electrons. The van der Waals surface area contributed by atoms with Gasteiger partial charge in [-0.3, -0.25) is 13.8 Å². The lowest BCUT2D eigenvalue weighted by Crippen LogP contribution is -2.23. The smallest absolute Gasteiger partial charge is 0.463 e. The van der Waals surface area contributed by atoms with Crippen molar-refractivity contribution in [2.75, 3.05) is 20.3 Å². The molecule has 0 radical (unpaired) electrons. The first-order valence-corrected chi connectivity index (χ1v) is 8.27. The van der Waals surface area contributed by atoms with E-state index in [9.17, 15) is 14.5 Å². The molecule has 0 saturated heterocycles. The zero-order valence-electron chi connectivity index (χ0n) is 12.1. The summed E-state index contributed by atoms with van der Waals surface area (Å²) < 4.78 is 24.4. The SMILES string of the molecule is CCCCCCCC(=O)OC[C@@H](O)COP(=O)(O)OC. The van der Waals surface area contributed by atoms with E-state index in [1.54, 1.807) is 0 Å². The number of phosphoric ester groups is 1. The summed E-state index contributed by atoms with van der Waals surface area (Å²) in [4.78, 5) is 20.3. The summed E-state index contributed by atoms with van der Waals surface area (Å²) in [5.74, 6) is -0.389. The zero-order valence-corrected chi connectivity index (χ0v) is 13.0. The number of aliphatic hydroxyl groups excluding tert-OH is 1. The molecule has 2 N–H and O–H groups in total. The Labute approximate surface area is 119 Å². The molecule has 0 aromatic rings. The molecule has 0 aromatic carbocycles. The van der Waals surface area contributed by atoms with E-state index >= 15 is 0 Å². The predicted molar refractivity (Wildman–Crippen MR) is 73.1 cm³/mol. The first-order valence-electron chi connectivity index (χ1n) is 6.78. The molecule has 0 aromatic heterocycles. The van der Waals surface area contributed by atoms with Gasteiger partial charge in [0.15, 0.2) is 0 Å². The first-order chi connectivity index (χ1) is 9.41. The number of esters is 1. The molecular weight excluding hydrogens is 287 g/mol. The summed E-state index contributed by atoms with van der Waals surface area (Å²) in [6, 6.07) is 0. The number of unbranched alkanes of at least 4 members (excludes halogenated alkanes) is 4. The van der Waals surface area contributed by atoms with Crippen LogP contribution in [0, 0.1) is 0 Å². The number of carbonyl (C=O) groups is 1. The fourth-order valence-electron chi connectivity index (χ4n) is 1.42. The maximum Gasteiger partial charge on any atom is 0.472 e. The second-order valence-electron chi connectivity index (χ2n) is 4.45. The predicted octanol–water partition coefficient (Wildman–Crippen LogP) is 2.01. The monoisotopic (exact) mass is 312 g/mol. The van der Waals surface area contributed by atoms with Gasteiger partial charge in [0, 0.05) is 13.5 Å². The molecule has 0 rings (SSSR count). The van der Waals surface area contributed by atoms with Gasteiger partial charge in [0.2, 0.25) is 0 Å². The Morgan fingerprint density at radius 3 is 2.45 bits per heavy atom. The molecule has 0 aliphatic rings. The van der Waals surface area contributed by atoms with Crippen LogP contribution in [0.15, 0.2) is 0 Å². The van der Waals surface area contributed by atoms with E-state index in [-0.39, 0.29) is 12.6 Å². The van der Waals surface area contributed by atoms with E-state index in [0.29, 0.717) is 6.42 Å². The molecule has 0 saturated carbocycles. The lowest BCUT2D eigenvalue weighted by atomic mass is 10.1. The van der Waals surface area contributed by atoms with E-state index < -0.39 is 20.5 Å². The van der Waals surface area contributed by atoms with E-state index in [1.807, 2.05) is 0 Å². The van der Waals surface area contributed by atoms with Crippen LogP contribution in [-0.4, -0.2) is 42.4 Å². The van der Waals surface area contributed by atoms with Crippen LogP contribution in [0.3, 0.4) is 0 Å². The second kappa shape index (κ2) is 11.2. The van der Waals surface area contributed by atoms with Crippen molar-refractivity contribution >= 4 is 13.8 Å². The Morgan fingerprint density at radius 1 is 1.20 bits per heavy atom. The summed E-state index contributed by atoms with van der Waals surface area (Å²) in [5, 5.41) is 9.41. The van der Waals surface area contributed by atoms with Crippen LogP contribution in [-0.2, 0) is 23.1 Å². The standard InChI is InChI=1S/C12H25O7P/c1-3-4-5-6-7-8-12(14)18-9-11(13)10-19-20(15,16)17-2/h11,13H,3-10H2,1-2H3,(H,15,16)/t11-/m1/s1. The van der Waals surface area contributed by atoms with E-state index in [2.05, 4.69) is 16.0 Å². The Balaban J connectivity index is 3.60. The number of hydrogen-bond donors (Lipinski definition) is 2. The van der Waals surface area contributed by atoms with Crippen molar-refractivity contribution in [1.29, 1.82) is 0 Å². The lowest BCUT2D eigenvalue weighted by molar-refractivity contribution is -0.147. The maximum atomic E-state index is 11.3. The number of carbonyl (C=O) groups excluding carboxylic acids is 1. The third kappa shape index (κ3) is 11.4. The highest BCUT2D eigenvalue weighted by molar-refractivity contribution is 7.47. The fraction of sp³-hybridized carbons (Fsp3) is 0.917. The van der Waals surface area contributed by atoms with Gasteiger partial charge in [0.1, 0.15) is 12.7 Å². The van der Waals surface area contributed by atoms with E-state index in [4.69, 9.17) is 9.63 Å². The third-order valence-electron chi connectivity index (χ3n) is 2.58. The van der Waals surface area contributed by atoms with Crippen molar-refractivity contribution in [2.24, 2.45) is 0 Å². The molecule has 0 heterocycles. The van der Waals surface area contributed by atoms with Crippen molar-refractivity contribution in [1.82, 2.24) is 0 Å². The molecule has 0 amide bonds. The number of aliphatic hydroxyl groups is 1. The summed E-state index contributed by atoms with van der Waals surface area (Å²) in [6.07, 6.45) is 4.31. The zero-order chi connectivity index (χ0) is 15.4. The Kier molecular flexibility index (Phi) is 11.0. The van der Waals surface area contributed by atoms with Crippen LogP contribution < -0.4 is 0 Å². The van der Waals surface area contributed by atoms with Gasteiger partial charge in [-0.25, -0.2) is 4.57 Å². The molecule has 0 aliphatic heterocycles. The van der Waals surface area contributed by atoms with Crippen LogP contribution in [0.1, 0.15) is 45.4 Å². The number of hydrogen-bond acceptors (Lipinski definition) is 6. The Morgan fingerprint density at radius 2 is 1.85 bits per heavy atom. The molecule has 20 heavy (non-hydrogen) atoms. The highest BCUT2D eigenvalue weighted by Crippen LogP contribution is 2.41. The van der Waals surface area contributed by atoms with Crippen molar-refractivity contribution in [3.8, 4) is 0 Å². The van der Waals surface area contributed by atoms with Gasteiger partial charge in [-0.05, 0) is 6.42 Å². The normalized spacial score (nSPS) is 15.6. The van der Waals surface area contributed by atoms with Crippen LogP contribution in [0.5, 0.6) is 0 Å². The van der Waals surface area contributed by atoms with Gasteiger partial charge >= 0.3 is 13.8 Å². The minimum absolute atomic E-state index is 0.266. The average molecular weight is 312 g/mol. The largest absolute Gasteiger partial charge is 0.472 e. The van der Waals surface area contributed by atoms with Gasteiger partial charge < -0.3 is 14.7 Å². The van der Waals surface area contributed by atoms with Crippen LogP contribution in [0.4, 0.5) is 0 Å².